The van der Waals surface area contributed by atoms with Crippen molar-refractivity contribution in [3.63, 3.8) is 0 Å². The Bertz CT molecular complexity index is 687. The number of carbonyl (C=O) groups is 1. The van der Waals surface area contributed by atoms with Gasteiger partial charge in [-0.3, -0.25) is 9.69 Å². The SMILES string of the molecule is COCN1CC2(CCCC2)N(COC)C(CCc2cnc(SC)nc2Cl)C1=O. The zero-order valence-corrected chi connectivity index (χ0v) is 18.4. The highest BCUT2D eigenvalue weighted by molar-refractivity contribution is 7.98. The van der Waals surface area contributed by atoms with Crippen LogP contribution < -0.4 is 0 Å². The van der Waals surface area contributed by atoms with E-state index in [1.807, 2.05) is 11.2 Å². The number of aromatic nitrogens is 2. The van der Waals surface area contributed by atoms with E-state index in [0.717, 1.165) is 18.4 Å². The number of nitrogens with zero attached hydrogens (tertiary/aromatic N) is 4. The smallest absolute Gasteiger partial charge is 0.241 e. The number of thioether (sulfide) groups is 1. The van der Waals surface area contributed by atoms with Crippen molar-refractivity contribution in [3.8, 4) is 0 Å². The first-order chi connectivity index (χ1) is 13.5. The maximum Gasteiger partial charge on any atom is 0.241 e. The summed E-state index contributed by atoms with van der Waals surface area (Å²) in [6.45, 7) is 1.48. The van der Waals surface area contributed by atoms with Gasteiger partial charge >= 0.3 is 0 Å². The first kappa shape index (κ1) is 21.8. The Kier molecular flexibility index (Phi) is 7.55. The van der Waals surface area contributed by atoms with Gasteiger partial charge in [-0.25, -0.2) is 9.97 Å². The van der Waals surface area contributed by atoms with Gasteiger partial charge in [0.05, 0.1) is 12.8 Å². The summed E-state index contributed by atoms with van der Waals surface area (Å²) in [6, 6.07) is -0.266. The molecule has 0 radical (unpaired) electrons. The van der Waals surface area contributed by atoms with Gasteiger partial charge in [-0.15, -0.1) is 0 Å². The molecule has 1 aliphatic carbocycles. The van der Waals surface area contributed by atoms with E-state index in [-0.39, 0.29) is 17.5 Å². The number of carbonyl (C=O) groups excluding carboxylic acids is 1. The fourth-order valence-electron chi connectivity index (χ4n) is 4.52. The molecule has 156 valence electrons. The van der Waals surface area contributed by atoms with Crippen LogP contribution in [-0.4, -0.2) is 77.7 Å². The normalized spacial score (nSPS) is 22.4. The quantitative estimate of drug-likeness (QED) is 0.358. The number of methoxy groups -OCH3 is 2. The summed E-state index contributed by atoms with van der Waals surface area (Å²) in [7, 11) is 3.33. The fourth-order valence-corrected chi connectivity index (χ4v) is 5.13. The van der Waals surface area contributed by atoms with E-state index in [0.29, 0.717) is 43.2 Å². The lowest BCUT2D eigenvalue weighted by Crippen LogP contribution is -2.68. The molecule has 28 heavy (non-hydrogen) atoms. The molecule has 1 saturated heterocycles. The molecule has 1 saturated carbocycles. The summed E-state index contributed by atoms with van der Waals surface area (Å²) in [5.74, 6) is 0.0919. The minimum absolute atomic E-state index is 0.0316. The molecule has 1 aromatic rings. The van der Waals surface area contributed by atoms with Gasteiger partial charge in [-0.05, 0) is 31.9 Å². The van der Waals surface area contributed by atoms with Crippen LogP contribution in [0.4, 0.5) is 0 Å². The Balaban J connectivity index is 1.82. The van der Waals surface area contributed by atoms with Crippen LogP contribution in [0.2, 0.25) is 5.15 Å². The number of amides is 1. The van der Waals surface area contributed by atoms with Crippen molar-refractivity contribution in [1.29, 1.82) is 0 Å². The van der Waals surface area contributed by atoms with E-state index in [1.54, 1.807) is 20.4 Å². The van der Waals surface area contributed by atoms with Gasteiger partial charge in [0.15, 0.2) is 5.16 Å². The molecule has 1 atom stereocenters. The van der Waals surface area contributed by atoms with Crippen LogP contribution in [0, 0.1) is 0 Å². The van der Waals surface area contributed by atoms with Crippen LogP contribution in [0.5, 0.6) is 0 Å². The van der Waals surface area contributed by atoms with Gasteiger partial charge in [-0.1, -0.05) is 36.2 Å². The molecule has 7 nitrogen and oxygen atoms in total. The van der Waals surface area contributed by atoms with Crippen LogP contribution >= 0.6 is 23.4 Å². The number of hydrogen-bond acceptors (Lipinski definition) is 7. The molecule has 2 heterocycles. The second-order valence-electron chi connectivity index (χ2n) is 7.50. The lowest BCUT2D eigenvalue weighted by molar-refractivity contribution is -0.167. The van der Waals surface area contributed by atoms with E-state index >= 15 is 0 Å². The van der Waals surface area contributed by atoms with Crippen LogP contribution in [0.3, 0.4) is 0 Å². The molecule has 1 amide bonds. The van der Waals surface area contributed by atoms with Crippen molar-refractivity contribution in [1.82, 2.24) is 19.8 Å². The van der Waals surface area contributed by atoms with Gasteiger partial charge < -0.3 is 14.4 Å². The maximum atomic E-state index is 13.2. The van der Waals surface area contributed by atoms with Gasteiger partial charge in [0, 0.05) is 38.1 Å². The Morgan fingerprint density at radius 1 is 1.29 bits per heavy atom. The van der Waals surface area contributed by atoms with E-state index in [1.165, 1.54) is 24.6 Å². The summed E-state index contributed by atoms with van der Waals surface area (Å²) in [5.41, 5.74) is 0.838. The standard InChI is InChI=1S/C19H29ClN4O3S/c1-26-12-23-11-19(8-4-5-9-19)24(13-27-2)15(17(23)25)7-6-14-10-21-18(28-3)22-16(14)20/h10,15H,4-9,11-13H2,1-3H3. The number of hydrogen-bond donors (Lipinski definition) is 0. The zero-order chi connectivity index (χ0) is 20.1. The highest BCUT2D eigenvalue weighted by atomic mass is 35.5. The van der Waals surface area contributed by atoms with E-state index in [2.05, 4.69) is 14.9 Å². The van der Waals surface area contributed by atoms with Crippen molar-refractivity contribution in [2.24, 2.45) is 0 Å². The number of piperazine rings is 1. The van der Waals surface area contributed by atoms with Crippen molar-refractivity contribution in [3.05, 3.63) is 16.9 Å². The fraction of sp³-hybridized carbons (Fsp3) is 0.737. The topological polar surface area (TPSA) is 67.8 Å². The Morgan fingerprint density at radius 3 is 2.61 bits per heavy atom. The van der Waals surface area contributed by atoms with Gasteiger partial charge in [-0.2, -0.15) is 0 Å². The van der Waals surface area contributed by atoms with Crippen molar-refractivity contribution in [2.45, 2.75) is 55.3 Å². The summed E-state index contributed by atoms with van der Waals surface area (Å²) in [4.78, 5) is 26.0. The second kappa shape index (κ2) is 9.71. The molecule has 2 aliphatic rings. The molecular formula is C19H29ClN4O3S. The van der Waals surface area contributed by atoms with Gasteiger partial charge in [0.1, 0.15) is 11.9 Å². The third kappa shape index (κ3) is 4.46. The molecule has 3 rings (SSSR count). The summed E-state index contributed by atoms with van der Waals surface area (Å²) in [6.07, 6.45) is 9.48. The highest BCUT2D eigenvalue weighted by Gasteiger charge is 2.51. The number of aryl methyl sites for hydroxylation is 1. The summed E-state index contributed by atoms with van der Waals surface area (Å²) < 4.78 is 10.8. The zero-order valence-electron chi connectivity index (χ0n) is 16.8. The Labute approximate surface area is 176 Å². The third-order valence-corrected chi connectivity index (χ3v) is 6.70. The largest absolute Gasteiger partial charge is 0.369 e. The first-order valence-electron chi connectivity index (χ1n) is 9.63. The molecule has 1 spiro atoms. The van der Waals surface area contributed by atoms with Crippen molar-refractivity contribution >= 4 is 29.3 Å². The average Bonchev–Trinajstić information content (AvgIpc) is 3.15. The minimum Gasteiger partial charge on any atom is -0.369 e. The monoisotopic (exact) mass is 428 g/mol. The summed E-state index contributed by atoms with van der Waals surface area (Å²) >= 11 is 7.80. The predicted molar refractivity (Wildman–Crippen MR) is 109 cm³/mol. The molecule has 2 fully saturated rings. The Hall–Kier alpha value is -0.930. The maximum absolute atomic E-state index is 13.2. The second-order valence-corrected chi connectivity index (χ2v) is 8.63. The van der Waals surface area contributed by atoms with Crippen molar-refractivity contribution in [2.75, 3.05) is 40.5 Å². The van der Waals surface area contributed by atoms with Crippen LogP contribution in [0.1, 0.15) is 37.7 Å². The van der Waals surface area contributed by atoms with Gasteiger partial charge in [0.2, 0.25) is 5.91 Å². The molecule has 0 bridgehead atoms. The van der Waals surface area contributed by atoms with Gasteiger partial charge in [0.25, 0.3) is 0 Å². The molecule has 1 unspecified atom stereocenters. The highest BCUT2D eigenvalue weighted by Crippen LogP contribution is 2.41. The Morgan fingerprint density at radius 2 is 2.00 bits per heavy atom. The lowest BCUT2D eigenvalue weighted by atomic mass is 9.87. The average molecular weight is 429 g/mol. The molecule has 1 aromatic heterocycles. The van der Waals surface area contributed by atoms with Crippen LogP contribution in [0.15, 0.2) is 11.4 Å². The minimum atomic E-state index is -0.266. The number of halogens is 1. The predicted octanol–water partition coefficient (Wildman–Crippen LogP) is 2.82. The van der Waals surface area contributed by atoms with E-state index in [9.17, 15) is 4.79 Å². The first-order valence-corrected chi connectivity index (χ1v) is 11.2. The van der Waals surface area contributed by atoms with Crippen LogP contribution in [-0.2, 0) is 20.7 Å². The lowest BCUT2D eigenvalue weighted by Gasteiger charge is -2.52. The van der Waals surface area contributed by atoms with E-state index < -0.39 is 0 Å². The molecule has 0 aromatic carbocycles. The number of ether oxygens (including phenoxy) is 2. The molecule has 9 heteroatoms. The molecule has 1 aliphatic heterocycles. The van der Waals surface area contributed by atoms with Crippen LogP contribution in [0.25, 0.3) is 0 Å². The van der Waals surface area contributed by atoms with E-state index in [4.69, 9.17) is 21.1 Å². The van der Waals surface area contributed by atoms with Crippen molar-refractivity contribution < 1.29 is 14.3 Å². The summed E-state index contributed by atoms with van der Waals surface area (Å²) in [5, 5.41) is 1.12. The molecule has 0 N–H and O–H groups in total. The number of rotatable bonds is 8. The molecular weight excluding hydrogens is 400 g/mol. The third-order valence-electron chi connectivity index (χ3n) is 5.81.